The number of rotatable bonds is 5. The second kappa shape index (κ2) is 6.28. The summed E-state index contributed by atoms with van der Waals surface area (Å²) in [4.78, 5) is 3.98. The van der Waals surface area contributed by atoms with Crippen LogP contribution in [0.25, 0.3) is 11.4 Å². The molecular weight excluding hydrogens is 285 g/mol. The molecule has 0 aliphatic carbocycles. The quantitative estimate of drug-likeness (QED) is 0.923. The molecular formula is C14H15F3N2O2. The molecule has 0 saturated heterocycles. The Bertz CT molecular complexity index is 596. The average molecular weight is 300 g/mol. The first-order chi connectivity index (χ1) is 9.93. The van der Waals surface area contributed by atoms with Crippen LogP contribution in [0.5, 0.6) is 0 Å². The number of hydrogen-bond acceptors (Lipinski definition) is 3. The molecule has 0 radical (unpaired) electrons. The number of aromatic nitrogens is 2. The van der Waals surface area contributed by atoms with E-state index in [1.807, 2.05) is 0 Å². The number of aliphatic hydroxyl groups is 1. The van der Waals surface area contributed by atoms with Gasteiger partial charge < -0.3 is 14.4 Å². The molecule has 21 heavy (non-hydrogen) atoms. The molecule has 7 heteroatoms. The summed E-state index contributed by atoms with van der Waals surface area (Å²) in [5.41, 5.74) is -0.765. The largest absolute Gasteiger partial charge is 0.417 e. The van der Waals surface area contributed by atoms with Crippen molar-refractivity contribution in [3.8, 4) is 11.4 Å². The number of aliphatic hydroxyl groups excluding tert-OH is 1. The van der Waals surface area contributed by atoms with E-state index in [4.69, 9.17) is 4.74 Å². The van der Waals surface area contributed by atoms with Gasteiger partial charge in [0.1, 0.15) is 5.82 Å². The molecule has 1 N–H and O–H groups in total. The fourth-order valence-electron chi connectivity index (χ4n) is 2.10. The van der Waals surface area contributed by atoms with Crippen LogP contribution in [0.15, 0.2) is 36.7 Å². The number of ether oxygens (including phenoxy) is 1. The van der Waals surface area contributed by atoms with Gasteiger partial charge in [-0.15, -0.1) is 0 Å². The summed E-state index contributed by atoms with van der Waals surface area (Å²) >= 11 is 0. The van der Waals surface area contributed by atoms with Crippen molar-refractivity contribution < 1.29 is 23.0 Å². The van der Waals surface area contributed by atoms with Crippen LogP contribution in [0, 0.1) is 0 Å². The molecule has 0 amide bonds. The van der Waals surface area contributed by atoms with Crippen molar-refractivity contribution in [2.45, 2.75) is 18.8 Å². The first-order valence-corrected chi connectivity index (χ1v) is 6.28. The predicted molar refractivity (Wildman–Crippen MR) is 70.5 cm³/mol. The summed E-state index contributed by atoms with van der Waals surface area (Å²) in [5, 5.41) is 9.73. The lowest BCUT2D eigenvalue weighted by atomic mass is 10.1. The zero-order valence-electron chi connectivity index (χ0n) is 11.3. The van der Waals surface area contributed by atoms with Crippen molar-refractivity contribution in [1.29, 1.82) is 0 Å². The lowest BCUT2D eigenvalue weighted by Crippen LogP contribution is -2.21. The Morgan fingerprint density at radius 2 is 2.05 bits per heavy atom. The minimum Gasteiger partial charge on any atom is -0.389 e. The van der Waals surface area contributed by atoms with E-state index in [9.17, 15) is 18.3 Å². The maximum Gasteiger partial charge on any atom is 0.417 e. The normalized spacial score (nSPS) is 13.4. The van der Waals surface area contributed by atoms with Gasteiger partial charge in [-0.25, -0.2) is 4.98 Å². The van der Waals surface area contributed by atoms with Crippen LogP contribution >= 0.6 is 0 Å². The van der Waals surface area contributed by atoms with E-state index < -0.39 is 17.8 Å². The van der Waals surface area contributed by atoms with Crippen molar-refractivity contribution in [3.63, 3.8) is 0 Å². The van der Waals surface area contributed by atoms with Crippen LogP contribution in [0.4, 0.5) is 13.2 Å². The van der Waals surface area contributed by atoms with Crippen molar-refractivity contribution >= 4 is 0 Å². The van der Waals surface area contributed by atoms with Crippen LogP contribution < -0.4 is 0 Å². The molecule has 114 valence electrons. The Labute approximate surface area is 119 Å². The third-order valence-electron chi connectivity index (χ3n) is 2.96. The summed E-state index contributed by atoms with van der Waals surface area (Å²) in [6, 6.07) is 5.23. The number of imidazole rings is 1. The van der Waals surface area contributed by atoms with Gasteiger partial charge in [0.15, 0.2) is 0 Å². The molecule has 0 bridgehead atoms. The van der Waals surface area contributed by atoms with Crippen LogP contribution in [0.2, 0.25) is 0 Å². The van der Waals surface area contributed by atoms with Gasteiger partial charge in [0.2, 0.25) is 0 Å². The molecule has 1 aromatic carbocycles. The lowest BCUT2D eigenvalue weighted by Gasteiger charge is -2.16. The van der Waals surface area contributed by atoms with Gasteiger partial charge in [0, 0.05) is 25.1 Å². The Balaban J connectivity index is 2.38. The maximum absolute atomic E-state index is 13.0. The van der Waals surface area contributed by atoms with E-state index in [1.165, 1.54) is 42.3 Å². The summed E-state index contributed by atoms with van der Waals surface area (Å²) in [6.07, 6.45) is -2.34. The zero-order valence-corrected chi connectivity index (χ0v) is 11.3. The van der Waals surface area contributed by atoms with Crippen LogP contribution in [0.1, 0.15) is 5.56 Å². The van der Waals surface area contributed by atoms with E-state index in [0.717, 1.165) is 6.07 Å². The van der Waals surface area contributed by atoms with E-state index in [0.29, 0.717) is 0 Å². The highest BCUT2D eigenvalue weighted by atomic mass is 19.4. The fourth-order valence-corrected chi connectivity index (χ4v) is 2.10. The van der Waals surface area contributed by atoms with Crippen LogP contribution in [-0.2, 0) is 17.5 Å². The third-order valence-corrected chi connectivity index (χ3v) is 2.96. The smallest absolute Gasteiger partial charge is 0.389 e. The number of halogens is 3. The molecule has 0 aliphatic rings. The second-order valence-electron chi connectivity index (χ2n) is 4.56. The molecule has 2 aromatic rings. The molecule has 1 unspecified atom stereocenters. The van der Waals surface area contributed by atoms with E-state index >= 15 is 0 Å². The first-order valence-electron chi connectivity index (χ1n) is 6.28. The van der Waals surface area contributed by atoms with Gasteiger partial charge in [-0.2, -0.15) is 13.2 Å². The average Bonchev–Trinajstić information content (AvgIpc) is 2.86. The first kappa shape index (κ1) is 15.5. The van der Waals surface area contributed by atoms with Crippen molar-refractivity contribution in [1.82, 2.24) is 9.55 Å². The predicted octanol–water partition coefficient (Wildman–Crippen LogP) is 2.58. The SMILES string of the molecule is COCC(O)Cn1ccnc1-c1ccccc1C(F)(F)F. The summed E-state index contributed by atoms with van der Waals surface area (Å²) in [7, 11) is 1.44. The molecule has 1 heterocycles. The number of nitrogens with zero attached hydrogens (tertiary/aromatic N) is 2. The Morgan fingerprint density at radius 1 is 1.33 bits per heavy atom. The highest BCUT2D eigenvalue weighted by molar-refractivity contribution is 5.61. The number of alkyl halides is 3. The van der Waals surface area contributed by atoms with Gasteiger partial charge in [0.25, 0.3) is 0 Å². The lowest BCUT2D eigenvalue weighted by molar-refractivity contribution is -0.137. The van der Waals surface area contributed by atoms with Crippen molar-refractivity contribution in [2.75, 3.05) is 13.7 Å². The monoisotopic (exact) mass is 300 g/mol. The summed E-state index contributed by atoms with van der Waals surface area (Å²) in [6.45, 7) is 0.202. The molecule has 1 atom stereocenters. The topological polar surface area (TPSA) is 47.3 Å². The second-order valence-corrected chi connectivity index (χ2v) is 4.56. The van der Waals surface area contributed by atoms with Crippen LogP contribution in [0.3, 0.4) is 0 Å². The Morgan fingerprint density at radius 3 is 2.71 bits per heavy atom. The fraction of sp³-hybridized carbons (Fsp3) is 0.357. The highest BCUT2D eigenvalue weighted by Gasteiger charge is 2.34. The Kier molecular flexibility index (Phi) is 4.64. The Hall–Kier alpha value is -1.86. The molecule has 2 rings (SSSR count). The minimum absolute atomic E-state index is 0.0142. The van der Waals surface area contributed by atoms with E-state index in [-0.39, 0.29) is 24.5 Å². The molecule has 4 nitrogen and oxygen atoms in total. The summed E-state index contributed by atoms with van der Waals surface area (Å²) in [5.74, 6) is 0.165. The number of hydrogen-bond donors (Lipinski definition) is 1. The van der Waals surface area contributed by atoms with E-state index in [1.54, 1.807) is 0 Å². The molecule has 0 spiro atoms. The third kappa shape index (κ3) is 3.62. The van der Waals surface area contributed by atoms with Gasteiger partial charge in [-0.3, -0.25) is 0 Å². The zero-order chi connectivity index (χ0) is 15.5. The van der Waals surface area contributed by atoms with Gasteiger partial charge in [0.05, 0.1) is 24.8 Å². The van der Waals surface area contributed by atoms with Crippen LogP contribution in [-0.4, -0.2) is 34.5 Å². The number of benzene rings is 1. The van der Waals surface area contributed by atoms with E-state index in [2.05, 4.69) is 4.98 Å². The molecule has 0 fully saturated rings. The standard InChI is InChI=1S/C14H15F3N2O2/c1-21-9-10(20)8-19-7-6-18-13(19)11-4-2-3-5-12(11)14(15,16)17/h2-7,10,20H,8-9H2,1H3. The maximum atomic E-state index is 13.0. The van der Waals surface area contributed by atoms with Crippen molar-refractivity contribution in [3.05, 3.63) is 42.2 Å². The summed E-state index contributed by atoms with van der Waals surface area (Å²) < 4.78 is 45.4. The van der Waals surface area contributed by atoms with Crippen molar-refractivity contribution in [2.24, 2.45) is 0 Å². The van der Waals surface area contributed by atoms with Gasteiger partial charge in [-0.1, -0.05) is 18.2 Å². The molecule has 0 aliphatic heterocycles. The minimum atomic E-state index is -4.46. The molecule has 1 aromatic heterocycles. The number of methoxy groups -OCH3 is 1. The van der Waals surface area contributed by atoms with Gasteiger partial charge >= 0.3 is 6.18 Å². The molecule has 0 saturated carbocycles. The highest BCUT2D eigenvalue weighted by Crippen LogP contribution is 2.36. The van der Waals surface area contributed by atoms with Gasteiger partial charge in [-0.05, 0) is 6.07 Å².